The van der Waals surface area contributed by atoms with Gasteiger partial charge in [0.1, 0.15) is 22.3 Å². The second kappa shape index (κ2) is 9.96. The summed E-state index contributed by atoms with van der Waals surface area (Å²) in [6.45, 7) is 4.60. The fourth-order valence-electron chi connectivity index (χ4n) is 7.74. The van der Waals surface area contributed by atoms with Crippen LogP contribution in [0, 0.1) is 0 Å². The Morgan fingerprint density at radius 1 is 0.521 bits per heavy atom. The lowest BCUT2D eigenvalue weighted by Gasteiger charge is -2.25. The number of fused-ring (bicyclic) bond motifs is 10. The van der Waals surface area contributed by atoms with Gasteiger partial charge in [-0.3, -0.25) is 0 Å². The summed E-state index contributed by atoms with van der Waals surface area (Å²) < 4.78 is 12.8. The molecular weight excluding hydrogens is 590 g/mol. The largest absolute Gasteiger partial charge is 0.456 e. The fourth-order valence-corrected chi connectivity index (χ4v) is 7.74. The van der Waals surface area contributed by atoms with E-state index in [1.807, 2.05) is 66.7 Å². The average Bonchev–Trinajstić information content (AvgIpc) is 3.79. The van der Waals surface area contributed by atoms with Crippen LogP contribution in [0.15, 0.2) is 136 Å². The number of para-hydroxylation sites is 2. The molecule has 0 bridgehead atoms. The fraction of sp³-hybridized carbons (Fsp3) is 0.0930. The Kier molecular flexibility index (Phi) is 5.62. The SMILES string of the molecule is CCC1(C)c2cccc(-c3nc(-c4ccccc4)nc(-c4ccc5oc6ccccc6c5c4)n3)c2-c2ccc3c(oc4ccccc43)c21. The van der Waals surface area contributed by atoms with Crippen LogP contribution in [0.4, 0.5) is 0 Å². The number of furan rings is 2. The van der Waals surface area contributed by atoms with Crippen LogP contribution >= 0.6 is 0 Å². The summed E-state index contributed by atoms with van der Waals surface area (Å²) in [5.74, 6) is 1.89. The normalized spacial score (nSPS) is 15.5. The van der Waals surface area contributed by atoms with E-state index in [0.29, 0.717) is 17.5 Å². The quantitative estimate of drug-likeness (QED) is 0.196. The number of aromatic nitrogens is 3. The van der Waals surface area contributed by atoms with Gasteiger partial charge in [-0.1, -0.05) is 105 Å². The maximum absolute atomic E-state index is 6.63. The molecule has 6 aromatic carbocycles. The highest BCUT2D eigenvalue weighted by atomic mass is 16.3. The lowest BCUT2D eigenvalue weighted by molar-refractivity contribution is 0.553. The van der Waals surface area contributed by atoms with Gasteiger partial charge in [0.05, 0.1) is 0 Å². The van der Waals surface area contributed by atoms with Gasteiger partial charge < -0.3 is 8.83 Å². The van der Waals surface area contributed by atoms with Crippen LogP contribution in [0.1, 0.15) is 31.4 Å². The van der Waals surface area contributed by atoms with Crippen molar-refractivity contribution in [1.29, 1.82) is 0 Å². The van der Waals surface area contributed by atoms with Gasteiger partial charge in [0.15, 0.2) is 17.5 Å². The van der Waals surface area contributed by atoms with Crippen molar-refractivity contribution in [2.45, 2.75) is 25.7 Å². The number of benzene rings is 6. The highest BCUT2D eigenvalue weighted by molar-refractivity contribution is 6.10. The van der Waals surface area contributed by atoms with Gasteiger partial charge in [0.2, 0.25) is 0 Å². The van der Waals surface area contributed by atoms with Crippen molar-refractivity contribution < 1.29 is 8.83 Å². The van der Waals surface area contributed by atoms with E-state index in [1.54, 1.807) is 0 Å². The topological polar surface area (TPSA) is 65.0 Å². The van der Waals surface area contributed by atoms with Crippen molar-refractivity contribution in [1.82, 2.24) is 15.0 Å². The molecule has 1 atom stereocenters. The first kappa shape index (κ1) is 27.1. The molecule has 0 radical (unpaired) electrons. The monoisotopic (exact) mass is 619 g/mol. The van der Waals surface area contributed by atoms with Crippen molar-refractivity contribution in [3.8, 4) is 45.3 Å². The predicted octanol–water partition coefficient (Wildman–Crippen LogP) is 11.4. The molecule has 48 heavy (non-hydrogen) atoms. The third-order valence-corrected chi connectivity index (χ3v) is 10.3. The molecule has 0 saturated carbocycles. The number of rotatable bonds is 4. The number of hydrogen-bond acceptors (Lipinski definition) is 5. The van der Waals surface area contributed by atoms with E-state index >= 15 is 0 Å². The lowest BCUT2D eigenvalue weighted by atomic mass is 9.77. The Balaban J connectivity index is 1.23. The zero-order valence-corrected chi connectivity index (χ0v) is 26.5. The minimum Gasteiger partial charge on any atom is -0.456 e. The van der Waals surface area contributed by atoms with Gasteiger partial charge in [-0.15, -0.1) is 0 Å². The van der Waals surface area contributed by atoms with Gasteiger partial charge in [-0.25, -0.2) is 15.0 Å². The van der Waals surface area contributed by atoms with Gasteiger partial charge in [0.25, 0.3) is 0 Å². The molecule has 0 fully saturated rings. The molecule has 1 unspecified atom stereocenters. The van der Waals surface area contributed by atoms with Crippen LogP contribution in [0.25, 0.3) is 89.2 Å². The molecule has 228 valence electrons. The van der Waals surface area contributed by atoms with Crippen molar-refractivity contribution in [3.63, 3.8) is 0 Å². The summed E-state index contributed by atoms with van der Waals surface area (Å²) in [6.07, 6.45) is 0.920. The first-order chi connectivity index (χ1) is 23.6. The Morgan fingerprint density at radius 3 is 1.98 bits per heavy atom. The first-order valence-corrected chi connectivity index (χ1v) is 16.4. The number of hydrogen-bond donors (Lipinski definition) is 0. The van der Waals surface area contributed by atoms with Crippen molar-refractivity contribution in [2.75, 3.05) is 0 Å². The van der Waals surface area contributed by atoms with E-state index < -0.39 is 0 Å². The van der Waals surface area contributed by atoms with Gasteiger partial charge >= 0.3 is 0 Å². The summed E-state index contributed by atoms with van der Waals surface area (Å²) in [4.78, 5) is 15.4. The van der Waals surface area contributed by atoms with Crippen LogP contribution in [-0.4, -0.2) is 15.0 Å². The molecule has 5 nitrogen and oxygen atoms in total. The predicted molar refractivity (Wildman–Crippen MR) is 193 cm³/mol. The van der Waals surface area contributed by atoms with E-state index in [-0.39, 0.29) is 5.41 Å². The molecule has 5 heteroatoms. The Morgan fingerprint density at radius 2 is 1.19 bits per heavy atom. The summed E-state index contributed by atoms with van der Waals surface area (Å²) in [5, 5.41) is 4.39. The van der Waals surface area contributed by atoms with E-state index in [1.165, 1.54) is 16.7 Å². The van der Waals surface area contributed by atoms with Crippen LogP contribution in [0.3, 0.4) is 0 Å². The van der Waals surface area contributed by atoms with Crippen LogP contribution in [0.2, 0.25) is 0 Å². The molecule has 0 N–H and O–H groups in total. The second-order valence-corrected chi connectivity index (χ2v) is 12.9. The maximum Gasteiger partial charge on any atom is 0.164 e. The average molecular weight is 620 g/mol. The minimum absolute atomic E-state index is 0.250. The van der Waals surface area contributed by atoms with Crippen LogP contribution in [0.5, 0.6) is 0 Å². The number of nitrogens with zero attached hydrogens (tertiary/aromatic N) is 3. The Bertz CT molecular complexity index is 2740. The van der Waals surface area contributed by atoms with E-state index in [2.05, 4.69) is 74.5 Å². The zero-order valence-electron chi connectivity index (χ0n) is 26.5. The molecule has 0 amide bonds. The van der Waals surface area contributed by atoms with Gasteiger partial charge in [-0.2, -0.15) is 0 Å². The maximum atomic E-state index is 6.63. The van der Waals surface area contributed by atoms with Crippen molar-refractivity contribution in [3.05, 3.63) is 139 Å². The molecule has 3 aromatic heterocycles. The van der Waals surface area contributed by atoms with Crippen LogP contribution < -0.4 is 0 Å². The molecule has 3 heterocycles. The molecule has 1 aliphatic rings. The first-order valence-electron chi connectivity index (χ1n) is 16.4. The van der Waals surface area contributed by atoms with E-state index in [4.69, 9.17) is 23.8 Å². The third kappa shape index (κ3) is 3.76. The second-order valence-electron chi connectivity index (χ2n) is 12.9. The van der Waals surface area contributed by atoms with E-state index in [0.717, 1.165) is 72.6 Å². The molecule has 1 aliphatic carbocycles. The highest BCUT2D eigenvalue weighted by Crippen LogP contribution is 2.56. The summed E-state index contributed by atoms with van der Waals surface area (Å²) >= 11 is 0. The molecular formula is C43H29N3O2. The standard InChI is InChI=1S/C43H29N3O2/c1-3-43(2)33-17-11-16-31(37(33)30-22-21-29-27-14-7-10-19-35(27)48-39(29)38(30)43)42-45-40(25-12-5-4-6-13-25)44-41(46-42)26-20-23-36-32(24-26)28-15-8-9-18-34(28)47-36/h4-24H,3H2,1-2H3. The minimum atomic E-state index is -0.250. The van der Waals surface area contributed by atoms with Crippen molar-refractivity contribution in [2.24, 2.45) is 0 Å². The summed E-state index contributed by atoms with van der Waals surface area (Å²) in [6, 6.07) is 43.8. The molecule has 10 rings (SSSR count). The van der Waals surface area contributed by atoms with Gasteiger partial charge in [-0.05, 0) is 59.5 Å². The van der Waals surface area contributed by atoms with E-state index in [9.17, 15) is 0 Å². The Labute approximate surface area is 276 Å². The smallest absolute Gasteiger partial charge is 0.164 e. The summed E-state index contributed by atoms with van der Waals surface area (Å²) in [5.41, 5.74) is 11.0. The van der Waals surface area contributed by atoms with Crippen LogP contribution in [-0.2, 0) is 5.41 Å². The zero-order chi connectivity index (χ0) is 32.0. The summed E-state index contributed by atoms with van der Waals surface area (Å²) in [7, 11) is 0. The van der Waals surface area contributed by atoms with Crippen molar-refractivity contribution >= 4 is 43.9 Å². The molecule has 0 saturated heterocycles. The third-order valence-electron chi connectivity index (χ3n) is 10.3. The Hall–Kier alpha value is -6.07. The van der Waals surface area contributed by atoms with Gasteiger partial charge in [0, 0.05) is 49.2 Å². The molecule has 0 spiro atoms. The lowest BCUT2D eigenvalue weighted by Crippen LogP contribution is -2.19. The molecule has 0 aliphatic heterocycles. The molecule has 9 aromatic rings. The highest BCUT2D eigenvalue weighted by Gasteiger charge is 2.42.